The topological polar surface area (TPSA) is 51.8 Å². The second kappa shape index (κ2) is 5.47. The number of hydrogen-bond donors (Lipinski definition) is 1. The van der Waals surface area contributed by atoms with Crippen LogP contribution in [0.5, 0.6) is 0 Å². The summed E-state index contributed by atoms with van der Waals surface area (Å²) in [7, 11) is 0. The normalized spacial score (nSPS) is 11.4. The van der Waals surface area contributed by atoms with Crippen LogP contribution in [0, 0.1) is 3.57 Å². The number of anilines is 1. The van der Waals surface area contributed by atoms with Crippen LogP contribution in [-0.4, -0.2) is 25.7 Å². The number of fused-ring (bicyclic) bond motifs is 1. The predicted octanol–water partition coefficient (Wildman–Crippen LogP) is 1.20. The van der Waals surface area contributed by atoms with Gasteiger partial charge < -0.3 is 0 Å². The molecular formula is C14H11AsIN3. The zero-order chi connectivity index (χ0) is 13.2. The Labute approximate surface area is 131 Å². The molecule has 5 heteroatoms. The fraction of sp³-hybridized carbons (Fsp3) is 0. The second-order valence-electron chi connectivity index (χ2n) is 4.13. The van der Waals surface area contributed by atoms with Crippen molar-refractivity contribution in [3.63, 3.8) is 0 Å². The minimum absolute atomic E-state index is 0.465. The first-order valence-electron chi connectivity index (χ1n) is 5.75. The van der Waals surface area contributed by atoms with Crippen LogP contribution in [0.3, 0.4) is 0 Å². The molecule has 3 aromatic rings. The second-order valence-corrected chi connectivity index (χ2v) is 8.11. The van der Waals surface area contributed by atoms with Gasteiger partial charge in [0, 0.05) is 0 Å². The van der Waals surface area contributed by atoms with E-state index in [9.17, 15) is 0 Å². The average molecular weight is 423 g/mol. The summed E-state index contributed by atoms with van der Waals surface area (Å²) in [6.45, 7) is 0. The van der Waals surface area contributed by atoms with Crippen LogP contribution in [0.4, 0.5) is 5.69 Å². The Morgan fingerprint density at radius 3 is 2.79 bits per heavy atom. The van der Waals surface area contributed by atoms with Crippen LogP contribution in [-0.2, 0) is 0 Å². The summed E-state index contributed by atoms with van der Waals surface area (Å²) >= 11 is 1.87. The molecule has 0 amide bonds. The molecule has 0 spiro atoms. The van der Waals surface area contributed by atoms with Gasteiger partial charge in [0.2, 0.25) is 0 Å². The molecule has 0 aliphatic carbocycles. The van der Waals surface area contributed by atoms with Crippen LogP contribution in [0.15, 0.2) is 48.8 Å². The van der Waals surface area contributed by atoms with Gasteiger partial charge in [-0.05, 0) is 0 Å². The summed E-state index contributed by atoms with van der Waals surface area (Å²) in [5, 5.41) is 1.08. The van der Waals surface area contributed by atoms with Gasteiger partial charge in [0.1, 0.15) is 0 Å². The van der Waals surface area contributed by atoms with Crippen molar-refractivity contribution in [3.05, 3.63) is 52.4 Å². The molecule has 1 atom stereocenters. The first kappa shape index (κ1) is 12.9. The van der Waals surface area contributed by atoms with E-state index in [2.05, 4.69) is 56.8 Å². The summed E-state index contributed by atoms with van der Waals surface area (Å²) in [5.74, 6) is 0. The van der Waals surface area contributed by atoms with E-state index in [1.54, 1.807) is 6.33 Å². The molecule has 3 nitrogen and oxygen atoms in total. The Kier molecular flexibility index (Phi) is 3.71. The number of aromatic nitrogens is 2. The number of nitrogens with zero attached hydrogens (tertiary/aromatic N) is 2. The molecule has 0 fully saturated rings. The van der Waals surface area contributed by atoms with Crippen LogP contribution >= 0.6 is 22.6 Å². The van der Waals surface area contributed by atoms with E-state index in [4.69, 9.17) is 5.73 Å². The van der Waals surface area contributed by atoms with Gasteiger partial charge in [-0.1, -0.05) is 0 Å². The van der Waals surface area contributed by atoms with Crippen LogP contribution < -0.4 is 14.6 Å². The Hall–Kier alpha value is -1.13. The number of nitrogens with two attached hydrogens (primary N) is 1. The zero-order valence-electron chi connectivity index (χ0n) is 9.97. The van der Waals surface area contributed by atoms with Crippen molar-refractivity contribution in [1.82, 2.24) is 9.97 Å². The van der Waals surface area contributed by atoms with E-state index in [1.165, 1.54) is 7.92 Å². The van der Waals surface area contributed by atoms with Gasteiger partial charge in [-0.2, -0.15) is 0 Å². The number of rotatable bonds is 2. The summed E-state index contributed by atoms with van der Waals surface area (Å²) < 4.78 is 3.77. The number of halogens is 1. The van der Waals surface area contributed by atoms with Crippen molar-refractivity contribution in [2.45, 2.75) is 0 Å². The standard InChI is InChI=1S/C14H11AsIN3/c16-10-3-1-2-9(6-10)15-14-12-7-11(17)4-5-13(12)18-8-19-14/h1-8,15H,17H2. The molecule has 3 rings (SSSR count). The molecule has 94 valence electrons. The monoisotopic (exact) mass is 423 g/mol. The molecule has 1 aromatic heterocycles. The van der Waals surface area contributed by atoms with Crippen molar-refractivity contribution >= 4 is 63.8 Å². The van der Waals surface area contributed by atoms with Crippen LogP contribution in [0.25, 0.3) is 10.9 Å². The quantitative estimate of drug-likeness (QED) is 0.383. The Balaban J connectivity index is 2.07. The molecule has 0 aliphatic rings. The van der Waals surface area contributed by atoms with Crippen LogP contribution in [0.1, 0.15) is 0 Å². The number of hydrogen-bond acceptors (Lipinski definition) is 3. The summed E-state index contributed by atoms with van der Waals surface area (Å²) in [5.41, 5.74) is 7.60. The van der Waals surface area contributed by atoms with Crippen molar-refractivity contribution < 1.29 is 0 Å². The van der Waals surface area contributed by atoms with E-state index in [1.807, 2.05) is 18.2 Å². The molecular weight excluding hydrogens is 412 g/mol. The molecule has 1 unspecified atom stereocenters. The predicted molar refractivity (Wildman–Crippen MR) is 89.5 cm³/mol. The van der Waals surface area contributed by atoms with Gasteiger partial charge in [0.15, 0.2) is 0 Å². The van der Waals surface area contributed by atoms with Crippen LogP contribution in [0.2, 0.25) is 0 Å². The fourth-order valence-corrected chi connectivity index (χ4v) is 5.42. The number of benzene rings is 2. The van der Waals surface area contributed by atoms with Crippen molar-refractivity contribution in [2.75, 3.05) is 5.73 Å². The third-order valence-electron chi connectivity index (χ3n) is 2.75. The molecule has 0 saturated carbocycles. The third kappa shape index (κ3) is 2.90. The molecule has 0 bridgehead atoms. The van der Waals surface area contributed by atoms with E-state index < -0.39 is 15.8 Å². The molecule has 1 heterocycles. The van der Waals surface area contributed by atoms with Gasteiger partial charge in [0.05, 0.1) is 0 Å². The molecule has 19 heavy (non-hydrogen) atoms. The maximum absolute atomic E-state index is 5.87. The maximum atomic E-state index is 5.87. The zero-order valence-corrected chi connectivity index (χ0v) is 14.2. The molecule has 0 radical (unpaired) electrons. The SMILES string of the molecule is Nc1ccc2ncnc([AsH]c3cccc(I)c3)c2c1. The molecule has 0 aliphatic heterocycles. The van der Waals surface area contributed by atoms with Crippen molar-refractivity contribution in [2.24, 2.45) is 0 Å². The van der Waals surface area contributed by atoms with E-state index in [0.29, 0.717) is 0 Å². The average Bonchev–Trinajstić information content (AvgIpc) is 2.39. The first-order chi connectivity index (χ1) is 9.22. The molecule has 2 aromatic carbocycles. The van der Waals surface area contributed by atoms with Gasteiger partial charge in [0.25, 0.3) is 0 Å². The first-order valence-corrected chi connectivity index (χ1v) is 8.93. The molecule has 2 N–H and O–H groups in total. The van der Waals surface area contributed by atoms with Gasteiger partial charge in [-0.15, -0.1) is 0 Å². The third-order valence-corrected chi connectivity index (χ3v) is 6.01. The Morgan fingerprint density at radius 2 is 1.95 bits per heavy atom. The minimum atomic E-state index is -0.465. The fourth-order valence-electron chi connectivity index (χ4n) is 1.88. The Morgan fingerprint density at radius 1 is 1.05 bits per heavy atom. The van der Waals surface area contributed by atoms with E-state index in [-0.39, 0.29) is 0 Å². The van der Waals surface area contributed by atoms with Gasteiger partial charge in [-0.25, -0.2) is 0 Å². The van der Waals surface area contributed by atoms with E-state index >= 15 is 0 Å². The number of nitrogen functional groups attached to an aromatic ring is 1. The van der Waals surface area contributed by atoms with Crippen molar-refractivity contribution in [1.29, 1.82) is 0 Å². The van der Waals surface area contributed by atoms with Gasteiger partial charge in [-0.3, -0.25) is 0 Å². The summed E-state index contributed by atoms with van der Waals surface area (Å²) in [6, 6.07) is 14.4. The van der Waals surface area contributed by atoms with Crippen molar-refractivity contribution in [3.8, 4) is 0 Å². The Bertz CT molecular complexity index is 746. The van der Waals surface area contributed by atoms with Gasteiger partial charge >= 0.3 is 132 Å². The van der Waals surface area contributed by atoms with E-state index in [0.717, 1.165) is 21.1 Å². The summed E-state index contributed by atoms with van der Waals surface area (Å²) in [6.07, 6.45) is 1.64. The molecule has 0 saturated heterocycles. The summed E-state index contributed by atoms with van der Waals surface area (Å²) in [4.78, 5) is 8.75.